The smallest absolute Gasteiger partial charge is 0.325 e. The Bertz CT molecular complexity index is 385. The number of ether oxygens (including phenoxy) is 1. The van der Waals surface area contributed by atoms with Crippen LogP contribution in [-0.2, 0) is 19.1 Å². The van der Waals surface area contributed by atoms with Crippen LogP contribution in [0, 0.1) is 11.8 Å². The largest absolute Gasteiger partial charge is 0.465 e. The molecular formula is C14H22N2O4. The zero-order chi connectivity index (χ0) is 14.5. The van der Waals surface area contributed by atoms with Gasteiger partial charge in [-0.15, -0.1) is 0 Å². The molecule has 1 saturated carbocycles. The minimum Gasteiger partial charge on any atom is -0.465 e. The van der Waals surface area contributed by atoms with Gasteiger partial charge in [-0.1, -0.05) is 0 Å². The van der Waals surface area contributed by atoms with Gasteiger partial charge in [-0.25, -0.2) is 0 Å². The molecule has 0 aromatic carbocycles. The van der Waals surface area contributed by atoms with E-state index in [0.717, 1.165) is 12.8 Å². The van der Waals surface area contributed by atoms with E-state index in [1.165, 1.54) is 0 Å². The van der Waals surface area contributed by atoms with Gasteiger partial charge in [-0.05, 0) is 32.6 Å². The SMILES string of the molecule is CCOC(=O)CNC(=O)C1CCN(C(=O)C2CC2)CC1. The molecule has 0 atom stereocenters. The van der Waals surface area contributed by atoms with Crippen LogP contribution < -0.4 is 5.32 Å². The van der Waals surface area contributed by atoms with Gasteiger partial charge >= 0.3 is 5.97 Å². The Morgan fingerprint density at radius 3 is 2.30 bits per heavy atom. The van der Waals surface area contributed by atoms with Gasteiger partial charge in [0.1, 0.15) is 6.54 Å². The number of rotatable bonds is 5. The second-order valence-electron chi connectivity index (χ2n) is 5.40. The van der Waals surface area contributed by atoms with Crippen molar-refractivity contribution in [3.63, 3.8) is 0 Å². The zero-order valence-electron chi connectivity index (χ0n) is 11.9. The van der Waals surface area contributed by atoms with Crippen molar-refractivity contribution >= 4 is 17.8 Å². The van der Waals surface area contributed by atoms with Crippen LogP contribution in [0.5, 0.6) is 0 Å². The molecule has 0 aromatic heterocycles. The van der Waals surface area contributed by atoms with Gasteiger partial charge < -0.3 is 15.0 Å². The lowest BCUT2D eigenvalue weighted by Crippen LogP contribution is -2.44. The van der Waals surface area contributed by atoms with Gasteiger partial charge in [-0.2, -0.15) is 0 Å². The Kier molecular flexibility index (Phi) is 4.98. The van der Waals surface area contributed by atoms with Crippen molar-refractivity contribution in [2.45, 2.75) is 32.6 Å². The number of carbonyl (C=O) groups is 3. The van der Waals surface area contributed by atoms with Gasteiger partial charge in [0.2, 0.25) is 11.8 Å². The van der Waals surface area contributed by atoms with Crippen LogP contribution in [0.1, 0.15) is 32.6 Å². The Hall–Kier alpha value is -1.59. The Morgan fingerprint density at radius 1 is 1.10 bits per heavy atom. The van der Waals surface area contributed by atoms with Crippen LogP contribution in [0.2, 0.25) is 0 Å². The highest BCUT2D eigenvalue weighted by molar-refractivity contribution is 5.84. The Morgan fingerprint density at radius 2 is 1.75 bits per heavy atom. The molecule has 2 amide bonds. The first-order chi connectivity index (χ1) is 9.61. The van der Waals surface area contributed by atoms with Gasteiger partial charge in [0, 0.05) is 24.9 Å². The van der Waals surface area contributed by atoms with E-state index < -0.39 is 5.97 Å². The highest BCUT2D eigenvalue weighted by Crippen LogP contribution is 2.32. The third-order valence-corrected chi connectivity index (χ3v) is 3.82. The van der Waals surface area contributed by atoms with Crippen molar-refractivity contribution in [2.24, 2.45) is 11.8 Å². The third-order valence-electron chi connectivity index (χ3n) is 3.82. The minimum absolute atomic E-state index is 0.0755. The summed E-state index contributed by atoms with van der Waals surface area (Å²) in [4.78, 5) is 36.8. The van der Waals surface area contributed by atoms with Crippen molar-refractivity contribution in [1.82, 2.24) is 10.2 Å². The standard InChI is InChI=1S/C14H22N2O4/c1-2-20-12(17)9-15-13(18)10-5-7-16(8-6-10)14(19)11-3-4-11/h10-11H,2-9H2,1H3,(H,15,18). The lowest BCUT2D eigenvalue weighted by atomic mass is 9.95. The van der Waals surface area contributed by atoms with E-state index in [2.05, 4.69) is 5.32 Å². The lowest BCUT2D eigenvalue weighted by Gasteiger charge is -2.31. The first-order valence-corrected chi connectivity index (χ1v) is 7.34. The molecule has 1 N–H and O–H groups in total. The molecule has 2 aliphatic rings. The topological polar surface area (TPSA) is 75.7 Å². The molecule has 6 nitrogen and oxygen atoms in total. The van der Waals surface area contributed by atoms with E-state index in [1.54, 1.807) is 6.92 Å². The van der Waals surface area contributed by atoms with Crippen LogP contribution in [0.25, 0.3) is 0 Å². The Labute approximate surface area is 118 Å². The Balaban J connectivity index is 1.68. The molecule has 1 aliphatic carbocycles. The predicted molar refractivity (Wildman–Crippen MR) is 71.7 cm³/mol. The van der Waals surface area contributed by atoms with Crippen LogP contribution in [0.4, 0.5) is 0 Å². The quantitative estimate of drug-likeness (QED) is 0.737. The number of nitrogens with one attached hydrogen (secondary N) is 1. The summed E-state index contributed by atoms with van der Waals surface area (Å²) >= 11 is 0. The van der Waals surface area contributed by atoms with Gasteiger partial charge in [0.15, 0.2) is 0 Å². The van der Waals surface area contributed by atoms with E-state index in [9.17, 15) is 14.4 Å². The monoisotopic (exact) mass is 282 g/mol. The summed E-state index contributed by atoms with van der Waals surface area (Å²) in [5.74, 6) is -0.147. The molecule has 2 fully saturated rings. The number of amides is 2. The van der Waals surface area contributed by atoms with Gasteiger partial charge in [0.25, 0.3) is 0 Å². The van der Waals surface area contributed by atoms with Crippen LogP contribution >= 0.6 is 0 Å². The number of esters is 1. The number of hydrogen-bond donors (Lipinski definition) is 1. The summed E-state index contributed by atoms with van der Waals surface area (Å²) in [5, 5.41) is 2.60. The molecule has 2 rings (SSSR count). The third kappa shape index (κ3) is 3.95. The molecular weight excluding hydrogens is 260 g/mol. The summed E-state index contributed by atoms with van der Waals surface area (Å²) in [6, 6.07) is 0. The van der Waals surface area contributed by atoms with E-state index in [4.69, 9.17) is 4.74 Å². The predicted octanol–water partition coefficient (Wildman–Crippen LogP) is 0.314. The van der Waals surface area contributed by atoms with Crippen LogP contribution in [0.15, 0.2) is 0 Å². The molecule has 6 heteroatoms. The molecule has 20 heavy (non-hydrogen) atoms. The van der Waals surface area contributed by atoms with Crippen molar-refractivity contribution in [3.05, 3.63) is 0 Å². The summed E-state index contributed by atoms with van der Waals surface area (Å²) < 4.78 is 4.75. The molecule has 112 valence electrons. The molecule has 1 aliphatic heterocycles. The number of nitrogens with zero attached hydrogens (tertiary/aromatic N) is 1. The summed E-state index contributed by atoms with van der Waals surface area (Å²) in [7, 11) is 0. The highest BCUT2D eigenvalue weighted by Gasteiger charge is 2.35. The first kappa shape index (κ1) is 14.8. The van der Waals surface area contributed by atoms with E-state index in [0.29, 0.717) is 32.5 Å². The van der Waals surface area contributed by atoms with Crippen LogP contribution in [-0.4, -0.2) is 48.9 Å². The fourth-order valence-corrected chi connectivity index (χ4v) is 2.47. The minimum atomic E-state index is -0.415. The van der Waals surface area contributed by atoms with Gasteiger partial charge in [0.05, 0.1) is 6.61 Å². The summed E-state index contributed by atoms with van der Waals surface area (Å²) in [5.41, 5.74) is 0. The van der Waals surface area contributed by atoms with Crippen molar-refractivity contribution in [1.29, 1.82) is 0 Å². The normalized spacial score (nSPS) is 19.6. The fraction of sp³-hybridized carbons (Fsp3) is 0.786. The van der Waals surface area contributed by atoms with Crippen LogP contribution in [0.3, 0.4) is 0 Å². The number of hydrogen-bond acceptors (Lipinski definition) is 4. The molecule has 0 spiro atoms. The molecule has 1 heterocycles. The molecule has 1 saturated heterocycles. The summed E-state index contributed by atoms with van der Waals surface area (Å²) in [6.07, 6.45) is 3.37. The maximum absolute atomic E-state index is 11.9. The number of likely N-dealkylation sites (tertiary alicyclic amines) is 1. The first-order valence-electron chi connectivity index (χ1n) is 7.34. The summed E-state index contributed by atoms with van der Waals surface area (Å²) in [6.45, 7) is 3.26. The number of carbonyl (C=O) groups excluding carboxylic acids is 3. The highest BCUT2D eigenvalue weighted by atomic mass is 16.5. The molecule has 0 radical (unpaired) electrons. The molecule has 0 bridgehead atoms. The maximum Gasteiger partial charge on any atom is 0.325 e. The van der Waals surface area contributed by atoms with E-state index in [1.807, 2.05) is 4.90 Å². The van der Waals surface area contributed by atoms with Crippen molar-refractivity contribution in [2.75, 3.05) is 26.2 Å². The maximum atomic E-state index is 11.9. The molecule has 0 unspecified atom stereocenters. The molecule has 0 aromatic rings. The average molecular weight is 282 g/mol. The van der Waals surface area contributed by atoms with E-state index in [-0.39, 0.29) is 30.2 Å². The second-order valence-corrected chi connectivity index (χ2v) is 5.40. The number of piperidine rings is 1. The zero-order valence-corrected chi connectivity index (χ0v) is 11.9. The van der Waals surface area contributed by atoms with E-state index >= 15 is 0 Å². The van der Waals surface area contributed by atoms with Gasteiger partial charge in [-0.3, -0.25) is 14.4 Å². The average Bonchev–Trinajstić information content (AvgIpc) is 3.29. The second kappa shape index (κ2) is 6.72. The lowest BCUT2D eigenvalue weighted by molar-refractivity contribution is -0.144. The van der Waals surface area contributed by atoms with Crippen molar-refractivity contribution < 1.29 is 19.1 Å². The fourth-order valence-electron chi connectivity index (χ4n) is 2.47. The van der Waals surface area contributed by atoms with Crippen molar-refractivity contribution in [3.8, 4) is 0 Å².